The van der Waals surface area contributed by atoms with Crippen LogP contribution in [0.4, 0.5) is 0 Å². The summed E-state index contributed by atoms with van der Waals surface area (Å²) in [7, 11) is -3.00. The summed E-state index contributed by atoms with van der Waals surface area (Å²) in [6, 6.07) is 0. The van der Waals surface area contributed by atoms with Gasteiger partial charge in [0.1, 0.15) is 0 Å². The molecule has 0 atom stereocenters. The van der Waals surface area contributed by atoms with E-state index >= 15 is 0 Å². The predicted octanol–water partition coefficient (Wildman–Crippen LogP) is 7.36. The van der Waals surface area contributed by atoms with Crippen molar-refractivity contribution < 1.29 is 4.43 Å². The van der Waals surface area contributed by atoms with Crippen LogP contribution in [-0.4, -0.2) is 34.8 Å². The number of hydrogen-bond donors (Lipinski definition) is 0. The van der Waals surface area contributed by atoms with Gasteiger partial charge < -0.3 is 0 Å². The Morgan fingerprint density at radius 3 is 1.35 bits per heavy atom. The fourth-order valence-electron chi connectivity index (χ4n) is 4.47. The van der Waals surface area contributed by atoms with E-state index in [1.165, 1.54) is 0 Å². The molecule has 0 rings (SSSR count). The Balaban J connectivity index is 6.64. The van der Waals surface area contributed by atoms with Crippen molar-refractivity contribution in [2.45, 2.75) is 99.5 Å². The summed E-state index contributed by atoms with van der Waals surface area (Å²) >= 11 is -2.59. The van der Waals surface area contributed by atoms with Crippen LogP contribution in [0, 0.1) is 0 Å². The quantitative estimate of drug-likeness (QED) is 0.219. The summed E-state index contributed by atoms with van der Waals surface area (Å²) in [5, 5.41) is 0. The molecule has 0 aliphatic carbocycles. The molecule has 0 saturated carbocycles. The number of allylic oxidation sites excluding steroid dienone is 1. The first-order chi connectivity index (χ1) is 10.1. The Kier molecular flexibility index (Phi) is 8.49. The van der Waals surface area contributed by atoms with E-state index in [0.29, 0.717) is 0 Å². The molecule has 1 nitrogen and oxygen atoms in total. The van der Waals surface area contributed by atoms with E-state index in [2.05, 4.69) is 93.5 Å². The number of rotatable bonds is 7. The Labute approximate surface area is 153 Å². The molecule has 0 fully saturated rings. The molecule has 23 heavy (non-hydrogen) atoms. The summed E-state index contributed by atoms with van der Waals surface area (Å²) in [5.41, 5.74) is 3.90. The molecular formula is C19H42OSi2Sn. The zero-order chi connectivity index (χ0) is 18.8. The van der Waals surface area contributed by atoms with Gasteiger partial charge in [-0.3, -0.25) is 0 Å². The van der Waals surface area contributed by atoms with E-state index in [4.69, 9.17) is 4.43 Å². The van der Waals surface area contributed by atoms with Crippen LogP contribution in [0.15, 0.2) is 14.7 Å². The molecular weight excluding hydrogens is 419 g/mol. The maximum atomic E-state index is 6.28. The van der Waals surface area contributed by atoms with Crippen molar-refractivity contribution >= 4 is 34.8 Å². The van der Waals surface area contributed by atoms with Crippen LogP contribution in [0.5, 0.6) is 0 Å². The Bertz CT molecular complexity index is 437. The Hall–Kier alpha value is 0.552. The van der Waals surface area contributed by atoms with Gasteiger partial charge in [0, 0.05) is 0 Å². The van der Waals surface area contributed by atoms with E-state index < -0.39 is 34.8 Å². The van der Waals surface area contributed by atoms with E-state index in [-0.39, 0.29) is 0 Å². The maximum absolute atomic E-state index is 6.28. The first-order valence-corrected chi connectivity index (χ1v) is 22.5. The Morgan fingerprint density at radius 2 is 1.13 bits per heavy atom. The molecule has 0 aliphatic rings. The van der Waals surface area contributed by atoms with E-state index in [1.54, 1.807) is 3.21 Å². The molecule has 0 spiro atoms. The van der Waals surface area contributed by atoms with Gasteiger partial charge in [-0.15, -0.1) is 0 Å². The van der Waals surface area contributed by atoms with Crippen LogP contribution in [0.3, 0.4) is 0 Å². The van der Waals surface area contributed by atoms with Gasteiger partial charge in [0.05, 0.1) is 0 Å². The van der Waals surface area contributed by atoms with Gasteiger partial charge in [-0.25, -0.2) is 0 Å². The SMILES string of the molecule is CC(=C=[C]([Si](C)(C)C)[Sn]([CH](C)C)([CH](C)C)[CH](C)C)O[Si](C)(C)C. The van der Waals surface area contributed by atoms with Crippen LogP contribution in [0.2, 0.25) is 51.1 Å². The van der Waals surface area contributed by atoms with Crippen molar-refractivity contribution in [2.75, 3.05) is 0 Å². The van der Waals surface area contributed by atoms with Gasteiger partial charge in [-0.2, -0.15) is 0 Å². The first-order valence-electron chi connectivity index (χ1n) is 9.24. The summed E-state index contributed by atoms with van der Waals surface area (Å²) in [6.07, 6.45) is 0. The van der Waals surface area contributed by atoms with Gasteiger partial charge >= 0.3 is 153 Å². The molecule has 0 amide bonds. The molecule has 136 valence electrons. The zero-order valence-corrected chi connectivity index (χ0v) is 23.0. The molecule has 0 aromatic heterocycles. The van der Waals surface area contributed by atoms with E-state index in [0.717, 1.165) is 17.6 Å². The number of hydrogen-bond acceptors (Lipinski definition) is 1. The van der Waals surface area contributed by atoms with Crippen molar-refractivity contribution in [3.05, 3.63) is 14.7 Å². The fraction of sp³-hybridized carbons (Fsp3) is 0.842. The molecule has 0 aromatic carbocycles. The van der Waals surface area contributed by atoms with Crippen molar-refractivity contribution in [1.29, 1.82) is 0 Å². The van der Waals surface area contributed by atoms with Crippen LogP contribution < -0.4 is 0 Å². The predicted molar refractivity (Wildman–Crippen MR) is 115 cm³/mol. The topological polar surface area (TPSA) is 9.23 Å². The standard InChI is InChI=1S/C10H21OSi2.3C3H7.Sn/c1-10(11-13(5,6)7)8-9-12(2,3)4;3*1-3-2;/h1-7H3;3*3H,1-2H3;. The molecule has 0 aliphatic heterocycles. The summed E-state index contributed by atoms with van der Waals surface area (Å²) in [5.74, 6) is 1.05. The average molecular weight is 461 g/mol. The minimum absolute atomic E-state index is 0.804. The van der Waals surface area contributed by atoms with Crippen molar-refractivity contribution in [3.8, 4) is 0 Å². The summed E-state index contributed by atoms with van der Waals surface area (Å²) in [4.78, 5) is 0. The third-order valence-electron chi connectivity index (χ3n) is 4.81. The van der Waals surface area contributed by atoms with Crippen molar-refractivity contribution in [2.24, 2.45) is 0 Å². The van der Waals surface area contributed by atoms with Crippen molar-refractivity contribution in [1.82, 2.24) is 0 Å². The van der Waals surface area contributed by atoms with Gasteiger partial charge in [-0.1, -0.05) is 0 Å². The molecule has 0 N–H and O–H groups in total. The van der Waals surface area contributed by atoms with Gasteiger partial charge in [0.25, 0.3) is 0 Å². The van der Waals surface area contributed by atoms with E-state index in [9.17, 15) is 0 Å². The molecule has 0 radical (unpaired) electrons. The molecule has 0 unspecified atom stereocenters. The monoisotopic (exact) mass is 462 g/mol. The fourth-order valence-corrected chi connectivity index (χ4v) is 41.7. The first kappa shape index (κ1) is 23.6. The zero-order valence-electron chi connectivity index (χ0n) is 18.1. The molecule has 4 heteroatoms. The van der Waals surface area contributed by atoms with Gasteiger partial charge in [0.15, 0.2) is 0 Å². The van der Waals surface area contributed by atoms with Crippen LogP contribution in [0.25, 0.3) is 0 Å². The average Bonchev–Trinajstić information content (AvgIpc) is 2.22. The molecule has 0 bridgehead atoms. The third kappa shape index (κ3) is 6.09. The van der Waals surface area contributed by atoms with Crippen LogP contribution in [-0.2, 0) is 4.43 Å². The van der Waals surface area contributed by atoms with Crippen LogP contribution in [0.1, 0.15) is 48.5 Å². The Morgan fingerprint density at radius 1 is 0.783 bits per heavy atom. The summed E-state index contributed by atoms with van der Waals surface area (Å²) in [6.45, 7) is 31.3. The second kappa shape index (κ2) is 8.29. The van der Waals surface area contributed by atoms with Gasteiger partial charge in [0.2, 0.25) is 0 Å². The normalized spacial score (nSPS) is 13.6. The van der Waals surface area contributed by atoms with Gasteiger partial charge in [-0.05, 0) is 0 Å². The van der Waals surface area contributed by atoms with Crippen LogP contribution >= 0.6 is 0 Å². The second-order valence-electron chi connectivity index (χ2n) is 9.92. The molecule has 0 saturated heterocycles. The third-order valence-corrected chi connectivity index (χ3v) is 35.9. The second-order valence-corrected chi connectivity index (χ2v) is 37.4. The molecule has 0 heterocycles. The molecule has 0 aromatic rings. The van der Waals surface area contributed by atoms with Crippen molar-refractivity contribution in [3.63, 3.8) is 0 Å². The van der Waals surface area contributed by atoms with E-state index in [1.807, 2.05) is 0 Å². The minimum atomic E-state index is -2.59. The summed E-state index contributed by atoms with van der Waals surface area (Å²) < 4.78 is 10.5.